The average molecular weight is 398 g/mol. The van der Waals surface area contributed by atoms with Gasteiger partial charge in [-0.05, 0) is 35.9 Å². The van der Waals surface area contributed by atoms with Crippen LogP contribution >= 0.6 is 34.8 Å². The lowest BCUT2D eigenvalue weighted by atomic mass is 9.90. The highest BCUT2D eigenvalue weighted by atomic mass is 35.5. The van der Waals surface area contributed by atoms with Crippen molar-refractivity contribution in [1.29, 1.82) is 0 Å². The molecule has 0 radical (unpaired) electrons. The zero-order chi connectivity index (χ0) is 18.1. The number of aliphatic carboxylic acids is 1. The van der Waals surface area contributed by atoms with Gasteiger partial charge in [-0.2, -0.15) is 5.10 Å². The maximum Gasteiger partial charge on any atom is 0.352 e. The van der Waals surface area contributed by atoms with Gasteiger partial charge in [-0.3, -0.25) is 5.01 Å². The van der Waals surface area contributed by atoms with Crippen molar-refractivity contribution < 1.29 is 9.90 Å². The molecule has 2 aromatic carbocycles. The van der Waals surface area contributed by atoms with Crippen LogP contribution < -0.4 is 5.01 Å². The third kappa shape index (κ3) is 3.76. The van der Waals surface area contributed by atoms with Gasteiger partial charge in [0.15, 0.2) is 0 Å². The molecule has 1 aliphatic heterocycles. The third-order valence-corrected chi connectivity index (χ3v) is 5.11. The van der Waals surface area contributed by atoms with Crippen LogP contribution in [0.25, 0.3) is 0 Å². The minimum absolute atomic E-state index is 0.0182. The molecule has 0 amide bonds. The van der Waals surface area contributed by atoms with Crippen LogP contribution in [0.4, 0.5) is 5.69 Å². The van der Waals surface area contributed by atoms with E-state index in [2.05, 4.69) is 5.10 Å². The zero-order valence-corrected chi connectivity index (χ0v) is 15.6. The van der Waals surface area contributed by atoms with E-state index in [0.29, 0.717) is 27.2 Å². The lowest BCUT2D eigenvalue weighted by Crippen LogP contribution is -2.32. The molecule has 2 aromatic rings. The van der Waals surface area contributed by atoms with E-state index < -0.39 is 5.97 Å². The van der Waals surface area contributed by atoms with Gasteiger partial charge in [0.2, 0.25) is 0 Å². The quantitative estimate of drug-likeness (QED) is 0.744. The van der Waals surface area contributed by atoms with E-state index in [9.17, 15) is 9.90 Å². The molecule has 0 aliphatic carbocycles. The highest BCUT2D eigenvalue weighted by Gasteiger charge is 2.36. The van der Waals surface area contributed by atoms with Gasteiger partial charge in [-0.25, -0.2) is 4.79 Å². The van der Waals surface area contributed by atoms with Gasteiger partial charge < -0.3 is 5.11 Å². The van der Waals surface area contributed by atoms with Crippen molar-refractivity contribution in [3.63, 3.8) is 0 Å². The molecular weight excluding hydrogens is 383 g/mol. The molecule has 0 spiro atoms. The fourth-order valence-electron chi connectivity index (χ4n) is 2.94. The Hall–Kier alpha value is -1.75. The Morgan fingerprint density at radius 2 is 1.80 bits per heavy atom. The molecule has 2 atom stereocenters. The van der Waals surface area contributed by atoms with Gasteiger partial charge in [0.1, 0.15) is 5.71 Å². The number of benzene rings is 2. The second kappa shape index (κ2) is 7.24. The molecule has 0 aromatic heterocycles. The predicted octanol–water partition coefficient (Wildman–Crippen LogP) is 5.47. The average Bonchev–Trinajstić information content (AvgIpc) is 3.00. The van der Waals surface area contributed by atoms with Crippen molar-refractivity contribution in [2.45, 2.75) is 25.3 Å². The summed E-state index contributed by atoms with van der Waals surface area (Å²) in [6.07, 6.45) is 0.318. The molecule has 1 N–H and O–H groups in total. The minimum Gasteiger partial charge on any atom is -0.477 e. The summed E-state index contributed by atoms with van der Waals surface area (Å²) in [6.45, 7) is 2.03. The Kier molecular flexibility index (Phi) is 5.23. The SMILES string of the molecule is CC(c1ccc(Cl)cc1)C1CC(C(=O)O)=NN1c1ccc(Cl)cc1Cl. The first-order valence-electron chi connectivity index (χ1n) is 7.67. The first-order chi connectivity index (χ1) is 11.9. The zero-order valence-electron chi connectivity index (χ0n) is 13.3. The number of anilines is 1. The molecule has 130 valence electrons. The lowest BCUT2D eigenvalue weighted by Gasteiger charge is -2.29. The molecule has 0 saturated heterocycles. The molecule has 0 fully saturated rings. The van der Waals surface area contributed by atoms with Crippen LogP contribution in [0.15, 0.2) is 47.6 Å². The second-order valence-corrected chi connectivity index (χ2v) is 7.18. The van der Waals surface area contributed by atoms with Crippen molar-refractivity contribution in [2.75, 3.05) is 5.01 Å². The number of hydrogen-bond acceptors (Lipinski definition) is 3. The van der Waals surface area contributed by atoms with Crippen molar-refractivity contribution in [3.05, 3.63) is 63.1 Å². The van der Waals surface area contributed by atoms with Crippen LogP contribution in [0.5, 0.6) is 0 Å². The number of nitrogens with zero attached hydrogens (tertiary/aromatic N) is 2. The Balaban J connectivity index is 1.99. The summed E-state index contributed by atoms with van der Waals surface area (Å²) in [5.74, 6) is -1.01. The maximum atomic E-state index is 11.4. The van der Waals surface area contributed by atoms with Gasteiger partial charge in [-0.15, -0.1) is 0 Å². The van der Waals surface area contributed by atoms with Crippen molar-refractivity contribution in [1.82, 2.24) is 0 Å². The van der Waals surface area contributed by atoms with Crippen molar-refractivity contribution in [3.8, 4) is 0 Å². The van der Waals surface area contributed by atoms with Crippen molar-refractivity contribution >= 4 is 52.2 Å². The Morgan fingerprint density at radius 3 is 2.40 bits per heavy atom. The van der Waals surface area contributed by atoms with Gasteiger partial charge in [0, 0.05) is 22.4 Å². The second-order valence-electron chi connectivity index (χ2n) is 5.90. The van der Waals surface area contributed by atoms with E-state index >= 15 is 0 Å². The first kappa shape index (κ1) is 18.1. The summed E-state index contributed by atoms with van der Waals surface area (Å²) < 4.78 is 0. The molecule has 0 bridgehead atoms. The summed E-state index contributed by atoms with van der Waals surface area (Å²) >= 11 is 18.2. The summed E-state index contributed by atoms with van der Waals surface area (Å²) in [4.78, 5) is 11.4. The van der Waals surface area contributed by atoms with E-state index in [1.165, 1.54) is 0 Å². The van der Waals surface area contributed by atoms with Gasteiger partial charge in [-0.1, -0.05) is 53.9 Å². The molecule has 1 heterocycles. The number of carboxylic acids is 1. The van der Waals surface area contributed by atoms with E-state index in [4.69, 9.17) is 34.8 Å². The highest BCUT2D eigenvalue weighted by Crippen LogP contribution is 2.38. The lowest BCUT2D eigenvalue weighted by molar-refractivity contribution is -0.129. The fraction of sp³-hybridized carbons (Fsp3) is 0.222. The predicted molar refractivity (Wildman–Crippen MR) is 102 cm³/mol. The topological polar surface area (TPSA) is 52.9 Å². The third-order valence-electron chi connectivity index (χ3n) is 4.32. The Morgan fingerprint density at radius 1 is 1.16 bits per heavy atom. The normalized spacial score (nSPS) is 18.2. The van der Waals surface area contributed by atoms with Crippen LogP contribution in [-0.2, 0) is 4.79 Å². The molecule has 4 nitrogen and oxygen atoms in total. The molecule has 2 unspecified atom stereocenters. The number of hydrazone groups is 1. The highest BCUT2D eigenvalue weighted by molar-refractivity contribution is 6.38. The summed E-state index contributed by atoms with van der Waals surface area (Å²) in [5.41, 5.74) is 1.79. The Labute approximate surface area is 160 Å². The van der Waals surface area contributed by atoms with E-state index in [-0.39, 0.29) is 17.7 Å². The molecule has 1 aliphatic rings. The van der Waals surface area contributed by atoms with Crippen LogP contribution in [0, 0.1) is 0 Å². The van der Waals surface area contributed by atoms with Crippen LogP contribution in [0.1, 0.15) is 24.8 Å². The number of halogens is 3. The van der Waals surface area contributed by atoms with Gasteiger partial charge in [0.05, 0.1) is 16.8 Å². The molecule has 3 rings (SSSR count). The monoisotopic (exact) mass is 396 g/mol. The van der Waals surface area contributed by atoms with E-state index in [1.54, 1.807) is 23.2 Å². The van der Waals surface area contributed by atoms with Gasteiger partial charge >= 0.3 is 5.97 Å². The van der Waals surface area contributed by atoms with E-state index in [1.807, 2.05) is 31.2 Å². The molecular formula is C18H15Cl3N2O2. The van der Waals surface area contributed by atoms with E-state index in [0.717, 1.165) is 5.56 Å². The smallest absolute Gasteiger partial charge is 0.352 e. The maximum absolute atomic E-state index is 11.4. The van der Waals surface area contributed by atoms with Crippen LogP contribution in [-0.4, -0.2) is 22.8 Å². The summed E-state index contributed by atoms with van der Waals surface area (Å²) in [7, 11) is 0. The Bertz CT molecular complexity index is 837. The molecule has 0 saturated carbocycles. The molecule has 25 heavy (non-hydrogen) atoms. The molecule has 7 heteroatoms. The number of carboxylic acid groups (broad SMARTS) is 1. The number of rotatable bonds is 4. The van der Waals surface area contributed by atoms with Crippen molar-refractivity contribution in [2.24, 2.45) is 5.10 Å². The number of carbonyl (C=O) groups is 1. The first-order valence-corrected chi connectivity index (χ1v) is 8.80. The minimum atomic E-state index is -1.03. The largest absolute Gasteiger partial charge is 0.477 e. The summed E-state index contributed by atoms with van der Waals surface area (Å²) in [6, 6.07) is 12.4. The standard InChI is InChI=1S/C18H15Cl3N2O2/c1-10(11-2-4-12(19)5-3-11)17-9-15(18(24)25)22-23(17)16-7-6-13(20)8-14(16)21/h2-8,10,17H,9H2,1H3,(H,24,25). The fourth-order valence-corrected chi connectivity index (χ4v) is 3.56. The van der Waals surface area contributed by atoms with Gasteiger partial charge in [0.25, 0.3) is 0 Å². The number of hydrogen-bond donors (Lipinski definition) is 1. The van der Waals surface area contributed by atoms with Crippen LogP contribution in [0.3, 0.4) is 0 Å². The van der Waals surface area contributed by atoms with Crippen LogP contribution in [0.2, 0.25) is 15.1 Å². The summed E-state index contributed by atoms with van der Waals surface area (Å²) in [5, 5.41) is 16.9.